The lowest BCUT2D eigenvalue weighted by Gasteiger charge is -2.02. The monoisotopic (exact) mass is 182 g/mol. The second-order valence-electron chi connectivity index (χ2n) is 2.48. The Bertz CT molecular complexity index is 191. The van der Waals surface area contributed by atoms with Gasteiger partial charge in [-0.1, -0.05) is 0 Å². The summed E-state index contributed by atoms with van der Waals surface area (Å²) in [6, 6.07) is 0. The Morgan fingerprint density at radius 1 is 1.60 bits per heavy atom. The minimum absolute atomic E-state index is 0.0556. The minimum Gasteiger partial charge on any atom is -0.286 e. The van der Waals surface area contributed by atoms with Gasteiger partial charge in [0.2, 0.25) is 0 Å². The fourth-order valence-corrected chi connectivity index (χ4v) is 3.33. The van der Waals surface area contributed by atoms with Crippen LogP contribution in [0.15, 0.2) is 0 Å². The molecule has 1 saturated heterocycles. The van der Waals surface area contributed by atoms with Crippen molar-refractivity contribution in [2.24, 2.45) is 5.92 Å². The molecule has 0 radical (unpaired) electrons. The zero-order chi connectivity index (χ0) is 7.61. The van der Waals surface area contributed by atoms with Crippen LogP contribution in [0, 0.1) is 5.92 Å². The molecule has 1 N–H and O–H groups in total. The molecule has 0 amide bonds. The largest absolute Gasteiger partial charge is 0.286 e. The van der Waals surface area contributed by atoms with E-state index in [-0.39, 0.29) is 11.7 Å². The van der Waals surface area contributed by atoms with E-state index in [9.17, 15) is 8.42 Å². The molecule has 5 heteroatoms. The normalized spacial score (nSPS) is 27.1. The summed E-state index contributed by atoms with van der Waals surface area (Å²) in [5.41, 5.74) is 0. The van der Waals surface area contributed by atoms with Crippen molar-refractivity contribution in [3.05, 3.63) is 0 Å². The zero-order valence-electron chi connectivity index (χ0n) is 5.49. The average Bonchev–Trinajstić information content (AvgIpc) is 2.12. The van der Waals surface area contributed by atoms with Gasteiger partial charge in [0.05, 0.1) is 5.75 Å². The predicted molar refractivity (Wildman–Crippen MR) is 41.8 cm³/mol. The van der Waals surface area contributed by atoms with E-state index >= 15 is 0 Å². The van der Waals surface area contributed by atoms with Gasteiger partial charge >= 0.3 is 0 Å². The maximum atomic E-state index is 10.3. The summed E-state index contributed by atoms with van der Waals surface area (Å²) in [5.74, 6) is 2.03. The standard InChI is InChI=1S/C5H10O3S2/c6-10(7,8)4-5-1-2-9-3-5/h5H,1-4H2,(H,6,7,8)/t5-/m1/s1. The number of thioether (sulfide) groups is 1. The molecule has 0 bridgehead atoms. The Morgan fingerprint density at radius 3 is 2.70 bits per heavy atom. The molecule has 0 saturated carbocycles. The van der Waals surface area contributed by atoms with Crippen molar-refractivity contribution in [2.45, 2.75) is 6.42 Å². The van der Waals surface area contributed by atoms with Crippen LogP contribution < -0.4 is 0 Å². The molecule has 0 unspecified atom stereocenters. The van der Waals surface area contributed by atoms with Crippen LogP contribution in [0.2, 0.25) is 0 Å². The van der Waals surface area contributed by atoms with Crippen LogP contribution in [-0.4, -0.2) is 30.2 Å². The molecule has 1 rings (SSSR count). The first kappa shape index (κ1) is 8.36. The third-order valence-electron chi connectivity index (χ3n) is 1.47. The van der Waals surface area contributed by atoms with E-state index in [1.165, 1.54) is 0 Å². The molecule has 1 heterocycles. The Labute approximate surface area is 64.9 Å². The Balaban J connectivity index is 2.38. The van der Waals surface area contributed by atoms with Gasteiger partial charge in [-0.25, -0.2) is 0 Å². The molecule has 1 fully saturated rings. The topological polar surface area (TPSA) is 54.4 Å². The third kappa shape index (κ3) is 2.90. The summed E-state index contributed by atoms with van der Waals surface area (Å²) in [7, 11) is -3.72. The lowest BCUT2D eigenvalue weighted by Crippen LogP contribution is -2.14. The van der Waals surface area contributed by atoms with Crippen LogP contribution in [-0.2, 0) is 10.1 Å². The molecule has 3 nitrogen and oxygen atoms in total. The molecule has 60 valence electrons. The van der Waals surface area contributed by atoms with Crippen LogP contribution in [0.4, 0.5) is 0 Å². The lowest BCUT2D eigenvalue weighted by atomic mass is 10.2. The molecule has 1 aliphatic rings. The molecule has 0 aromatic rings. The van der Waals surface area contributed by atoms with E-state index < -0.39 is 10.1 Å². The molecular weight excluding hydrogens is 172 g/mol. The molecule has 0 aliphatic carbocycles. The average molecular weight is 182 g/mol. The van der Waals surface area contributed by atoms with E-state index in [2.05, 4.69) is 0 Å². The Kier molecular flexibility index (Phi) is 2.60. The van der Waals surface area contributed by atoms with E-state index in [1.807, 2.05) is 0 Å². The number of rotatable bonds is 2. The van der Waals surface area contributed by atoms with Crippen LogP contribution >= 0.6 is 11.8 Å². The van der Waals surface area contributed by atoms with Gasteiger partial charge in [0.1, 0.15) is 0 Å². The van der Waals surface area contributed by atoms with Crippen LogP contribution in [0.5, 0.6) is 0 Å². The predicted octanol–water partition coefficient (Wildman–Crippen LogP) is 0.627. The second kappa shape index (κ2) is 3.11. The fraction of sp³-hybridized carbons (Fsp3) is 1.00. The molecule has 1 atom stereocenters. The highest BCUT2D eigenvalue weighted by molar-refractivity contribution is 7.99. The number of hydrogen-bond acceptors (Lipinski definition) is 3. The van der Waals surface area contributed by atoms with Gasteiger partial charge in [0, 0.05) is 0 Å². The van der Waals surface area contributed by atoms with Gasteiger partial charge in [-0.15, -0.1) is 0 Å². The van der Waals surface area contributed by atoms with Crippen molar-refractivity contribution in [3.8, 4) is 0 Å². The van der Waals surface area contributed by atoms with Crippen LogP contribution in [0.1, 0.15) is 6.42 Å². The van der Waals surface area contributed by atoms with Gasteiger partial charge in [-0.05, 0) is 23.8 Å². The summed E-state index contributed by atoms with van der Waals surface area (Å²) in [6.07, 6.45) is 0.921. The van der Waals surface area contributed by atoms with E-state index in [4.69, 9.17) is 4.55 Å². The highest BCUT2D eigenvalue weighted by atomic mass is 32.2. The van der Waals surface area contributed by atoms with Crippen molar-refractivity contribution >= 4 is 21.9 Å². The molecule has 0 spiro atoms. The molecule has 0 aromatic carbocycles. The molecular formula is C5H10O3S2. The first-order valence-corrected chi connectivity index (χ1v) is 5.87. The van der Waals surface area contributed by atoms with Gasteiger partial charge in [0.25, 0.3) is 10.1 Å². The maximum Gasteiger partial charge on any atom is 0.265 e. The Morgan fingerprint density at radius 2 is 2.30 bits per heavy atom. The van der Waals surface area contributed by atoms with Crippen molar-refractivity contribution < 1.29 is 13.0 Å². The summed E-state index contributed by atoms with van der Waals surface area (Å²) in [4.78, 5) is 0. The zero-order valence-corrected chi connectivity index (χ0v) is 7.12. The van der Waals surface area contributed by atoms with Gasteiger partial charge < -0.3 is 0 Å². The molecule has 0 aromatic heterocycles. The van der Waals surface area contributed by atoms with Crippen LogP contribution in [0.25, 0.3) is 0 Å². The number of hydrogen-bond donors (Lipinski definition) is 1. The van der Waals surface area contributed by atoms with Crippen molar-refractivity contribution in [3.63, 3.8) is 0 Å². The third-order valence-corrected chi connectivity index (χ3v) is 3.59. The first-order chi connectivity index (χ1) is 4.58. The minimum atomic E-state index is -3.72. The molecule has 1 aliphatic heterocycles. The maximum absolute atomic E-state index is 10.3. The van der Waals surface area contributed by atoms with E-state index in [1.54, 1.807) is 11.8 Å². The molecule has 10 heavy (non-hydrogen) atoms. The highest BCUT2D eigenvalue weighted by Gasteiger charge is 2.20. The SMILES string of the molecule is O=S(=O)(O)C[C@@H]1CCSC1. The summed E-state index contributed by atoms with van der Waals surface area (Å²) < 4.78 is 29.1. The lowest BCUT2D eigenvalue weighted by molar-refractivity contribution is 0.470. The second-order valence-corrected chi connectivity index (χ2v) is 5.13. The highest BCUT2D eigenvalue weighted by Crippen LogP contribution is 2.24. The summed E-state index contributed by atoms with van der Waals surface area (Å²) >= 11 is 1.75. The fourth-order valence-electron chi connectivity index (χ4n) is 1.01. The van der Waals surface area contributed by atoms with Gasteiger partial charge in [0.15, 0.2) is 0 Å². The van der Waals surface area contributed by atoms with Gasteiger partial charge in [-0.3, -0.25) is 4.55 Å². The van der Waals surface area contributed by atoms with E-state index in [0.29, 0.717) is 0 Å². The first-order valence-electron chi connectivity index (χ1n) is 3.11. The van der Waals surface area contributed by atoms with Crippen molar-refractivity contribution in [1.29, 1.82) is 0 Å². The van der Waals surface area contributed by atoms with Gasteiger partial charge in [-0.2, -0.15) is 20.2 Å². The summed E-state index contributed by atoms with van der Waals surface area (Å²) in [6.45, 7) is 0. The summed E-state index contributed by atoms with van der Waals surface area (Å²) in [5, 5.41) is 0. The quantitative estimate of drug-likeness (QED) is 0.636. The van der Waals surface area contributed by atoms with Crippen molar-refractivity contribution in [1.82, 2.24) is 0 Å². The van der Waals surface area contributed by atoms with E-state index in [0.717, 1.165) is 17.9 Å². The van der Waals surface area contributed by atoms with Crippen molar-refractivity contribution in [2.75, 3.05) is 17.3 Å². The van der Waals surface area contributed by atoms with Crippen LogP contribution in [0.3, 0.4) is 0 Å². The Hall–Kier alpha value is 0.260. The smallest absolute Gasteiger partial charge is 0.265 e.